The van der Waals surface area contributed by atoms with Gasteiger partial charge in [0.25, 0.3) is 0 Å². The Labute approximate surface area is 116 Å². The lowest BCUT2D eigenvalue weighted by Crippen LogP contribution is -2.31. The molecule has 1 fully saturated rings. The molecule has 0 unspecified atom stereocenters. The number of nitrogens with one attached hydrogen (secondary N) is 1. The van der Waals surface area contributed by atoms with E-state index < -0.39 is 0 Å². The van der Waals surface area contributed by atoms with Crippen molar-refractivity contribution >= 4 is 0 Å². The highest BCUT2D eigenvalue weighted by Crippen LogP contribution is 2.23. The molecule has 0 amide bonds. The van der Waals surface area contributed by atoms with Crippen LogP contribution in [-0.4, -0.2) is 31.6 Å². The Balaban J connectivity index is 1.61. The lowest BCUT2D eigenvalue weighted by Gasteiger charge is -2.18. The first kappa shape index (κ1) is 14.5. The minimum absolute atomic E-state index is 0.103. The van der Waals surface area contributed by atoms with Crippen LogP contribution in [0.2, 0.25) is 0 Å². The van der Waals surface area contributed by atoms with Crippen molar-refractivity contribution < 1.29 is 4.39 Å². The second-order valence-electron chi connectivity index (χ2n) is 5.68. The normalized spacial score (nSPS) is 16.4. The highest BCUT2D eigenvalue weighted by atomic mass is 19.1. The second-order valence-corrected chi connectivity index (χ2v) is 5.68. The average molecular weight is 264 g/mol. The van der Waals surface area contributed by atoms with Crippen molar-refractivity contribution in [3.63, 3.8) is 0 Å². The molecule has 0 spiro atoms. The zero-order valence-electron chi connectivity index (χ0n) is 11.9. The molecule has 1 aromatic carbocycles. The summed E-state index contributed by atoms with van der Waals surface area (Å²) in [7, 11) is 2.05. The fourth-order valence-corrected chi connectivity index (χ4v) is 2.79. The maximum atomic E-state index is 13.5. The first-order valence-corrected chi connectivity index (χ1v) is 7.38. The zero-order chi connectivity index (χ0) is 13.5. The van der Waals surface area contributed by atoms with Crippen LogP contribution in [-0.2, 0) is 6.54 Å². The van der Waals surface area contributed by atoms with Crippen molar-refractivity contribution in [3.05, 3.63) is 35.6 Å². The molecule has 1 aromatic rings. The molecular formula is C16H25FN2. The summed E-state index contributed by atoms with van der Waals surface area (Å²) in [5.41, 5.74) is 0.779. The molecular weight excluding hydrogens is 239 g/mol. The van der Waals surface area contributed by atoms with Crippen molar-refractivity contribution in [2.24, 2.45) is 5.92 Å². The van der Waals surface area contributed by atoms with Gasteiger partial charge < -0.3 is 10.2 Å². The maximum absolute atomic E-state index is 13.5. The van der Waals surface area contributed by atoms with E-state index in [1.807, 2.05) is 19.2 Å². The first-order valence-electron chi connectivity index (χ1n) is 7.38. The molecule has 1 aliphatic rings. The Morgan fingerprint density at radius 1 is 1.26 bits per heavy atom. The van der Waals surface area contributed by atoms with E-state index in [2.05, 4.69) is 10.2 Å². The van der Waals surface area contributed by atoms with Crippen LogP contribution in [0.25, 0.3) is 0 Å². The van der Waals surface area contributed by atoms with Gasteiger partial charge in [-0.15, -0.1) is 0 Å². The summed E-state index contributed by atoms with van der Waals surface area (Å²) in [4.78, 5) is 2.17. The number of halogens is 1. The molecule has 3 heteroatoms. The quantitative estimate of drug-likeness (QED) is 0.762. The third kappa shape index (κ3) is 4.92. The average Bonchev–Trinajstić information content (AvgIpc) is 2.91. The topological polar surface area (TPSA) is 15.3 Å². The minimum atomic E-state index is -0.103. The van der Waals surface area contributed by atoms with Crippen molar-refractivity contribution in [1.29, 1.82) is 0 Å². The Morgan fingerprint density at radius 2 is 2.00 bits per heavy atom. The summed E-state index contributed by atoms with van der Waals surface area (Å²) in [5, 5.41) is 3.52. The van der Waals surface area contributed by atoms with Gasteiger partial charge in [-0.25, -0.2) is 4.39 Å². The van der Waals surface area contributed by atoms with Crippen LogP contribution in [0.4, 0.5) is 4.39 Å². The van der Waals surface area contributed by atoms with Gasteiger partial charge in [-0.1, -0.05) is 31.0 Å². The van der Waals surface area contributed by atoms with E-state index in [0.29, 0.717) is 6.54 Å². The SMILES string of the molecule is CN(CCNCC1CCCC1)Cc1ccccc1F. The van der Waals surface area contributed by atoms with Crippen molar-refractivity contribution in [1.82, 2.24) is 10.2 Å². The van der Waals surface area contributed by atoms with E-state index in [-0.39, 0.29) is 5.82 Å². The van der Waals surface area contributed by atoms with Gasteiger partial charge in [-0.3, -0.25) is 0 Å². The Bertz CT molecular complexity index is 375. The highest BCUT2D eigenvalue weighted by molar-refractivity contribution is 5.16. The predicted molar refractivity (Wildman–Crippen MR) is 77.6 cm³/mol. The van der Waals surface area contributed by atoms with Gasteiger partial charge in [0, 0.05) is 25.2 Å². The van der Waals surface area contributed by atoms with E-state index in [0.717, 1.165) is 31.1 Å². The largest absolute Gasteiger partial charge is 0.315 e. The summed E-state index contributed by atoms with van der Waals surface area (Å²) in [6, 6.07) is 7.02. The van der Waals surface area contributed by atoms with E-state index >= 15 is 0 Å². The molecule has 0 heterocycles. The molecule has 2 nitrogen and oxygen atoms in total. The molecule has 19 heavy (non-hydrogen) atoms. The van der Waals surface area contributed by atoms with Crippen LogP contribution in [0.15, 0.2) is 24.3 Å². The molecule has 0 aliphatic heterocycles. The molecule has 106 valence electrons. The van der Waals surface area contributed by atoms with Crippen LogP contribution in [0.5, 0.6) is 0 Å². The number of benzene rings is 1. The van der Waals surface area contributed by atoms with Crippen LogP contribution >= 0.6 is 0 Å². The van der Waals surface area contributed by atoms with E-state index in [1.54, 1.807) is 6.07 Å². The van der Waals surface area contributed by atoms with Gasteiger partial charge in [-0.2, -0.15) is 0 Å². The second kappa shape index (κ2) is 7.61. The zero-order valence-corrected chi connectivity index (χ0v) is 11.9. The first-order chi connectivity index (χ1) is 9.25. The number of likely N-dealkylation sites (N-methyl/N-ethyl adjacent to an activating group) is 1. The molecule has 0 saturated heterocycles. The molecule has 2 rings (SSSR count). The maximum Gasteiger partial charge on any atom is 0.127 e. The Hall–Kier alpha value is -0.930. The number of hydrogen-bond donors (Lipinski definition) is 1. The monoisotopic (exact) mass is 264 g/mol. The number of hydrogen-bond acceptors (Lipinski definition) is 2. The summed E-state index contributed by atoms with van der Waals surface area (Å²) < 4.78 is 13.5. The van der Waals surface area contributed by atoms with Crippen LogP contribution < -0.4 is 5.32 Å². The fourth-order valence-electron chi connectivity index (χ4n) is 2.79. The van der Waals surface area contributed by atoms with Crippen LogP contribution in [0.3, 0.4) is 0 Å². The van der Waals surface area contributed by atoms with Gasteiger partial charge in [0.1, 0.15) is 5.82 Å². The third-order valence-corrected chi connectivity index (χ3v) is 3.98. The van der Waals surface area contributed by atoms with Crippen molar-refractivity contribution in [3.8, 4) is 0 Å². The number of rotatable bonds is 7. The summed E-state index contributed by atoms with van der Waals surface area (Å²) in [5.74, 6) is 0.783. The lowest BCUT2D eigenvalue weighted by atomic mass is 10.1. The standard InChI is InChI=1S/C16H25FN2/c1-19(13-15-8-4-5-9-16(15)17)11-10-18-12-14-6-2-3-7-14/h4-5,8-9,14,18H,2-3,6-7,10-13H2,1H3. The third-order valence-electron chi connectivity index (χ3n) is 3.98. The van der Waals surface area contributed by atoms with Crippen molar-refractivity contribution in [2.45, 2.75) is 32.2 Å². The van der Waals surface area contributed by atoms with E-state index in [9.17, 15) is 4.39 Å². The predicted octanol–water partition coefficient (Wildman–Crippen LogP) is 3.04. The van der Waals surface area contributed by atoms with Gasteiger partial charge in [0.15, 0.2) is 0 Å². The molecule has 1 aliphatic carbocycles. The smallest absolute Gasteiger partial charge is 0.127 e. The van der Waals surface area contributed by atoms with Crippen LogP contribution in [0, 0.1) is 11.7 Å². The fraction of sp³-hybridized carbons (Fsp3) is 0.625. The summed E-state index contributed by atoms with van der Waals surface area (Å²) >= 11 is 0. The Morgan fingerprint density at radius 3 is 2.74 bits per heavy atom. The van der Waals surface area contributed by atoms with Gasteiger partial charge in [-0.05, 0) is 38.4 Å². The molecule has 1 saturated carbocycles. The molecule has 0 radical (unpaired) electrons. The van der Waals surface area contributed by atoms with Gasteiger partial charge >= 0.3 is 0 Å². The summed E-state index contributed by atoms with van der Waals surface area (Å²) in [6.45, 7) is 3.77. The van der Waals surface area contributed by atoms with Gasteiger partial charge in [0.2, 0.25) is 0 Å². The van der Waals surface area contributed by atoms with E-state index in [1.165, 1.54) is 31.7 Å². The lowest BCUT2D eigenvalue weighted by molar-refractivity contribution is 0.315. The molecule has 0 aromatic heterocycles. The Kier molecular flexibility index (Phi) is 5.80. The summed E-state index contributed by atoms with van der Waals surface area (Å²) in [6.07, 6.45) is 5.58. The molecule has 0 bridgehead atoms. The van der Waals surface area contributed by atoms with Crippen molar-refractivity contribution in [2.75, 3.05) is 26.7 Å². The highest BCUT2D eigenvalue weighted by Gasteiger charge is 2.14. The molecule has 1 N–H and O–H groups in total. The molecule has 0 atom stereocenters. The minimum Gasteiger partial charge on any atom is -0.315 e. The van der Waals surface area contributed by atoms with E-state index in [4.69, 9.17) is 0 Å². The van der Waals surface area contributed by atoms with Gasteiger partial charge in [0.05, 0.1) is 0 Å². The van der Waals surface area contributed by atoms with Crippen LogP contribution in [0.1, 0.15) is 31.2 Å². The number of nitrogens with zero attached hydrogens (tertiary/aromatic N) is 1.